The molecule has 0 aliphatic heterocycles. The molecule has 0 spiro atoms. The zero-order valence-electron chi connectivity index (χ0n) is 10.8. The first kappa shape index (κ1) is 15.4. The van der Waals surface area contributed by atoms with Gasteiger partial charge < -0.3 is 11.1 Å². The number of hydrogen-bond donors (Lipinski definition) is 2. The number of unbranched alkanes of at least 4 members (excludes halogenated alkanes) is 3. The Morgan fingerprint density at radius 2 is 2.00 bits per heavy atom. The fourth-order valence-electron chi connectivity index (χ4n) is 1.76. The van der Waals surface area contributed by atoms with Crippen molar-refractivity contribution >= 4 is 34.2 Å². The van der Waals surface area contributed by atoms with Crippen LogP contribution in [0.25, 0.3) is 0 Å². The van der Waals surface area contributed by atoms with Gasteiger partial charge in [-0.1, -0.05) is 12.8 Å². The van der Waals surface area contributed by atoms with Gasteiger partial charge in [0, 0.05) is 15.7 Å². The van der Waals surface area contributed by atoms with Gasteiger partial charge >= 0.3 is 0 Å². The van der Waals surface area contributed by atoms with Crippen LogP contribution >= 0.6 is 22.6 Å². The highest BCUT2D eigenvalue weighted by Crippen LogP contribution is 2.18. The van der Waals surface area contributed by atoms with Gasteiger partial charge in [-0.3, -0.25) is 4.79 Å². The predicted molar refractivity (Wildman–Crippen MR) is 84.7 cm³/mol. The van der Waals surface area contributed by atoms with Crippen molar-refractivity contribution in [3.8, 4) is 0 Å². The Hall–Kier alpha value is -0.620. The van der Waals surface area contributed by atoms with Crippen LogP contribution in [0.1, 0.15) is 37.7 Å². The molecule has 0 aliphatic rings. The maximum absolute atomic E-state index is 11.7. The van der Waals surface area contributed by atoms with E-state index in [2.05, 4.69) is 34.0 Å². The van der Waals surface area contributed by atoms with Crippen LogP contribution in [0.2, 0.25) is 0 Å². The molecule has 4 heteroatoms. The summed E-state index contributed by atoms with van der Waals surface area (Å²) in [6, 6.07) is 6.03. The average molecular weight is 360 g/mol. The number of anilines is 1. The summed E-state index contributed by atoms with van der Waals surface area (Å²) in [7, 11) is 0. The Labute approximate surface area is 123 Å². The molecule has 3 nitrogen and oxygen atoms in total. The van der Waals surface area contributed by atoms with Crippen molar-refractivity contribution in [1.82, 2.24) is 0 Å². The lowest BCUT2D eigenvalue weighted by molar-refractivity contribution is -0.116. The monoisotopic (exact) mass is 360 g/mol. The Kier molecular flexibility index (Phi) is 7.27. The molecule has 1 aromatic rings. The van der Waals surface area contributed by atoms with Gasteiger partial charge in [-0.25, -0.2) is 0 Å². The highest BCUT2D eigenvalue weighted by molar-refractivity contribution is 14.1. The van der Waals surface area contributed by atoms with Crippen molar-refractivity contribution in [1.29, 1.82) is 0 Å². The van der Waals surface area contributed by atoms with Crippen LogP contribution in [0.15, 0.2) is 18.2 Å². The van der Waals surface area contributed by atoms with E-state index < -0.39 is 0 Å². The summed E-state index contributed by atoms with van der Waals surface area (Å²) in [5, 5.41) is 2.96. The quantitative estimate of drug-likeness (QED) is 0.578. The van der Waals surface area contributed by atoms with Crippen molar-refractivity contribution < 1.29 is 4.79 Å². The Morgan fingerprint density at radius 1 is 1.28 bits per heavy atom. The predicted octanol–water partition coefficient (Wildman–Crippen LogP) is 3.45. The molecule has 0 unspecified atom stereocenters. The average Bonchev–Trinajstić information content (AvgIpc) is 2.32. The molecular weight excluding hydrogens is 339 g/mol. The SMILES string of the molecule is Cc1cc(I)ccc1NC(=O)CCCCCCN. The second-order valence-corrected chi connectivity index (χ2v) is 5.71. The minimum atomic E-state index is 0.104. The van der Waals surface area contributed by atoms with Crippen molar-refractivity contribution in [2.24, 2.45) is 5.73 Å². The molecule has 0 radical (unpaired) electrons. The van der Waals surface area contributed by atoms with Gasteiger partial charge in [0.15, 0.2) is 0 Å². The zero-order chi connectivity index (χ0) is 13.4. The number of carbonyl (C=O) groups is 1. The molecule has 1 rings (SSSR count). The molecule has 0 bridgehead atoms. The van der Waals surface area contributed by atoms with E-state index >= 15 is 0 Å². The molecule has 0 saturated heterocycles. The molecule has 3 N–H and O–H groups in total. The number of hydrogen-bond acceptors (Lipinski definition) is 2. The lowest BCUT2D eigenvalue weighted by Crippen LogP contribution is -2.12. The number of rotatable bonds is 7. The smallest absolute Gasteiger partial charge is 0.224 e. The highest BCUT2D eigenvalue weighted by Gasteiger charge is 2.04. The van der Waals surface area contributed by atoms with E-state index in [1.54, 1.807) is 0 Å². The first-order valence-electron chi connectivity index (χ1n) is 6.39. The summed E-state index contributed by atoms with van der Waals surface area (Å²) in [5.41, 5.74) is 7.45. The van der Waals surface area contributed by atoms with Gasteiger partial charge in [0.1, 0.15) is 0 Å². The zero-order valence-corrected chi connectivity index (χ0v) is 13.0. The fourth-order valence-corrected chi connectivity index (χ4v) is 2.41. The molecule has 18 heavy (non-hydrogen) atoms. The van der Waals surface area contributed by atoms with Crippen LogP contribution in [-0.4, -0.2) is 12.5 Å². The first-order chi connectivity index (χ1) is 8.63. The van der Waals surface area contributed by atoms with Gasteiger partial charge in [-0.05, 0) is 72.7 Å². The summed E-state index contributed by atoms with van der Waals surface area (Å²) in [5.74, 6) is 0.104. The fraction of sp³-hybridized carbons (Fsp3) is 0.500. The van der Waals surface area contributed by atoms with Crippen molar-refractivity contribution in [2.45, 2.75) is 39.0 Å². The second-order valence-electron chi connectivity index (χ2n) is 4.46. The standard InChI is InChI=1S/C14H21IN2O/c1-11-10-12(15)7-8-13(11)17-14(18)6-4-2-3-5-9-16/h7-8,10H,2-6,9,16H2,1H3,(H,17,18). The number of aryl methyl sites for hydroxylation is 1. The molecule has 1 aromatic carbocycles. The Balaban J connectivity index is 2.31. The van der Waals surface area contributed by atoms with Gasteiger partial charge in [0.05, 0.1) is 0 Å². The van der Waals surface area contributed by atoms with E-state index in [0.29, 0.717) is 6.42 Å². The van der Waals surface area contributed by atoms with Crippen LogP contribution in [-0.2, 0) is 4.79 Å². The third kappa shape index (κ3) is 5.82. The molecule has 0 aromatic heterocycles. The summed E-state index contributed by atoms with van der Waals surface area (Å²) < 4.78 is 1.19. The van der Waals surface area contributed by atoms with Crippen molar-refractivity contribution in [2.75, 3.05) is 11.9 Å². The molecule has 0 aliphatic carbocycles. The van der Waals surface area contributed by atoms with Crippen LogP contribution in [0.3, 0.4) is 0 Å². The van der Waals surface area contributed by atoms with Crippen molar-refractivity contribution in [3.05, 3.63) is 27.3 Å². The van der Waals surface area contributed by atoms with E-state index in [9.17, 15) is 4.79 Å². The number of nitrogens with one attached hydrogen (secondary N) is 1. The van der Waals surface area contributed by atoms with E-state index in [4.69, 9.17) is 5.73 Å². The van der Waals surface area contributed by atoms with E-state index in [1.807, 2.05) is 19.1 Å². The van der Waals surface area contributed by atoms with Crippen LogP contribution in [0.5, 0.6) is 0 Å². The minimum absolute atomic E-state index is 0.104. The molecule has 0 fully saturated rings. The molecule has 0 saturated carbocycles. The second kappa shape index (κ2) is 8.48. The summed E-state index contributed by atoms with van der Waals surface area (Å²) in [6.45, 7) is 2.76. The van der Waals surface area contributed by atoms with E-state index in [1.165, 1.54) is 3.57 Å². The maximum Gasteiger partial charge on any atom is 0.224 e. The number of benzene rings is 1. The van der Waals surface area contributed by atoms with E-state index in [0.717, 1.165) is 43.5 Å². The van der Waals surface area contributed by atoms with Gasteiger partial charge in [0.2, 0.25) is 5.91 Å². The highest BCUT2D eigenvalue weighted by atomic mass is 127. The van der Waals surface area contributed by atoms with Crippen molar-refractivity contribution in [3.63, 3.8) is 0 Å². The van der Waals surface area contributed by atoms with Gasteiger partial charge in [0.25, 0.3) is 0 Å². The summed E-state index contributed by atoms with van der Waals surface area (Å²) >= 11 is 2.27. The lowest BCUT2D eigenvalue weighted by Gasteiger charge is -2.08. The van der Waals surface area contributed by atoms with Crippen LogP contribution < -0.4 is 11.1 Å². The minimum Gasteiger partial charge on any atom is -0.330 e. The first-order valence-corrected chi connectivity index (χ1v) is 7.47. The Morgan fingerprint density at radius 3 is 2.67 bits per heavy atom. The normalized spacial score (nSPS) is 10.4. The molecular formula is C14H21IN2O. The van der Waals surface area contributed by atoms with Crippen LogP contribution in [0, 0.1) is 10.5 Å². The molecule has 1 amide bonds. The number of nitrogens with two attached hydrogens (primary N) is 1. The van der Waals surface area contributed by atoms with Gasteiger partial charge in [-0.15, -0.1) is 0 Å². The maximum atomic E-state index is 11.7. The van der Waals surface area contributed by atoms with Crippen LogP contribution in [0.4, 0.5) is 5.69 Å². The number of halogens is 1. The lowest BCUT2D eigenvalue weighted by atomic mass is 10.1. The molecule has 100 valence electrons. The Bertz CT molecular complexity index is 393. The number of amides is 1. The molecule has 0 heterocycles. The third-order valence-electron chi connectivity index (χ3n) is 2.82. The largest absolute Gasteiger partial charge is 0.330 e. The summed E-state index contributed by atoms with van der Waals surface area (Å²) in [4.78, 5) is 11.7. The van der Waals surface area contributed by atoms with E-state index in [-0.39, 0.29) is 5.91 Å². The summed E-state index contributed by atoms with van der Waals surface area (Å²) in [6.07, 6.45) is 4.78. The molecule has 0 atom stereocenters. The third-order valence-corrected chi connectivity index (χ3v) is 3.49. The number of carbonyl (C=O) groups excluding carboxylic acids is 1. The topological polar surface area (TPSA) is 55.1 Å². The van der Waals surface area contributed by atoms with Gasteiger partial charge in [-0.2, -0.15) is 0 Å².